The van der Waals surface area contributed by atoms with Crippen molar-refractivity contribution in [3.63, 3.8) is 0 Å². The second kappa shape index (κ2) is 7.93. The summed E-state index contributed by atoms with van der Waals surface area (Å²) in [4.78, 5) is 14.9. The fourth-order valence-electron chi connectivity index (χ4n) is 3.88. The largest absolute Gasteiger partial charge is 0.347 e. The first kappa shape index (κ1) is 20.7. The van der Waals surface area contributed by atoms with Gasteiger partial charge in [0.2, 0.25) is 0 Å². The number of anilines is 1. The molecule has 7 heteroatoms. The van der Waals surface area contributed by atoms with Gasteiger partial charge in [-0.25, -0.2) is 0 Å². The molecule has 0 saturated heterocycles. The van der Waals surface area contributed by atoms with Crippen molar-refractivity contribution in [1.82, 2.24) is 14.8 Å². The van der Waals surface area contributed by atoms with Crippen molar-refractivity contribution in [2.45, 2.75) is 24.4 Å². The Hall–Kier alpha value is -2.57. The van der Waals surface area contributed by atoms with E-state index in [4.69, 9.17) is 11.6 Å². The maximum Gasteiger partial charge on any atom is 0.191 e. The number of nitrogens with zero attached hydrogens (tertiary/aromatic N) is 4. The highest BCUT2D eigenvalue weighted by molar-refractivity contribution is 7.99. The topological polar surface area (TPSA) is 51.0 Å². The van der Waals surface area contributed by atoms with E-state index in [1.807, 2.05) is 55.1 Å². The van der Waals surface area contributed by atoms with Crippen LogP contribution in [0.2, 0.25) is 5.02 Å². The number of aromatic nitrogens is 3. The summed E-state index contributed by atoms with van der Waals surface area (Å²) in [5.74, 6) is 1.10. The molecule has 0 saturated carbocycles. The van der Waals surface area contributed by atoms with Gasteiger partial charge in [0.1, 0.15) is 0 Å². The highest BCUT2D eigenvalue weighted by Gasteiger charge is 2.38. The molecule has 0 fully saturated rings. The summed E-state index contributed by atoms with van der Waals surface area (Å²) in [6.45, 7) is 4.31. The van der Waals surface area contributed by atoms with Gasteiger partial charge < -0.3 is 9.47 Å². The van der Waals surface area contributed by atoms with Crippen molar-refractivity contribution in [3.8, 4) is 11.4 Å². The zero-order chi connectivity index (χ0) is 21.5. The second-order valence-corrected chi connectivity index (χ2v) is 9.24. The van der Waals surface area contributed by atoms with Gasteiger partial charge in [-0.15, -0.1) is 10.2 Å². The van der Waals surface area contributed by atoms with E-state index < -0.39 is 0 Å². The van der Waals surface area contributed by atoms with Crippen LogP contribution in [0.5, 0.6) is 0 Å². The number of allylic oxidation sites excluding steroid dienone is 2. The molecule has 30 heavy (non-hydrogen) atoms. The summed E-state index contributed by atoms with van der Waals surface area (Å²) in [6, 6.07) is 15.8. The van der Waals surface area contributed by atoms with Crippen LogP contribution in [0.4, 0.5) is 5.69 Å². The van der Waals surface area contributed by atoms with E-state index in [1.165, 1.54) is 17.3 Å². The smallest absolute Gasteiger partial charge is 0.191 e. The molecule has 4 rings (SSSR count). The number of ketones is 1. The Labute approximate surface area is 185 Å². The molecular weight excluding hydrogens is 416 g/mol. The van der Waals surface area contributed by atoms with Crippen LogP contribution in [0, 0.1) is 0 Å². The van der Waals surface area contributed by atoms with E-state index in [-0.39, 0.29) is 11.2 Å². The number of carbonyl (C=O) groups excluding carboxylic acids is 1. The number of benzene rings is 2. The molecule has 1 aliphatic heterocycles. The average molecular weight is 439 g/mol. The Kier molecular flexibility index (Phi) is 5.47. The van der Waals surface area contributed by atoms with Gasteiger partial charge in [-0.3, -0.25) is 4.79 Å². The molecule has 2 aromatic carbocycles. The molecule has 1 aromatic heterocycles. The van der Waals surface area contributed by atoms with Crippen LogP contribution in [0.25, 0.3) is 11.4 Å². The first-order chi connectivity index (χ1) is 14.3. The Bertz CT molecular complexity index is 1130. The summed E-state index contributed by atoms with van der Waals surface area (Å²) in [6.07, 6.45) is 1.77. The predicted octanol–water partition coefficient (Wildman–Crippen LogP) is 5.11. The zero-order valence-corrected chi connectivity index (χ0v) is 19.0. The fourth-order valence-corrected chi connectivity index (χ4v) is 4.74. The summed E-state index contributed by atoms with van der Waals surface area (Å²) < 4.78 is 1.90. The monoisotopic (exact) mass is 438 g/mol. The van der Waals surface area contributed by atoms with E-state index in [9.17, 15) is 4.79 Å². The van der Waals surface area contributed by atoms with Crippen LogP contribution < -0.4 is 4.90 Å². The van der Waals surface area contributed by atoms with Crippen molar-refractivity contribution in [3.05, 3.63) is 70.9 Å². The SMILES string of the molecule is CN1C(=CC(=O)CSc2nnc(-c3ccc(Cl)cc3)n2C)C(C)(C)c2ccccc21. The number of carbonyl (C=O) groups is 1. The van der Waals surface area contributed by atoms with Crippen molar-refractivity contribution < 1.29 is 4.79 Å². The minimum Gasteiger partial charge on any atom is -0.347 e. The molecular formula is C23H23ClN4OS. The summed E-state index contributed by atoms with van der Waals surface area (Å²) in [5.41, 5.74) is 4.12. The van der Waals surface area contributed by atoms with Gasteiger partial charge in [0.05, 0.1) is 5.75 Å². The first-order valence-electron chi connectivity index (χ1n) is 9.65. The van der Waals surface area contributed by atoms with Gasteiger partial charge in [-0.2, -0.15) is 0 Å². The Balaban J connectivity index is 1.49. The van der Waals surface area contributed by atoms with E-state index in [0.29, 0.717) is 15.9 Å². The third-order valence-corrected chi connectivity index (χ3v) is 6.81. The van der Waals surface area contributed by atoms with Crippen molar-refractivity contribution in [1.29, 1.82) is 0 Å². The lowest BCUT2D eigenvalue weighted by Crippen LogP contribution is -2.24. The molecule has 0 atom stereocenters. The van der Waals surface area contributed by atoms with Crippen LogP contribution >= 0.6 is 23.4 Å². The van der Waals surface area contributed by atoms with E-state index in [0.717, 1.165) is 22.8 Å². The number of para-hydroxylation sites is 1. The Morgan fingerprint density at radius 2 is 1.80 bits per heavy atom. The third-order valence-electron chi connectivity index (χ3n) is 5.52. The molecule has 0 amide bonds. The minimum absolute atomic E-state index is 0.0544. The number of likely N-dealkylation sites (N-methyl/N-ethyl adjacent to an activating group) is 1. The normalized spacial score (nSPS) is 16.2. The molecule has 0 unspecified atom stereocenters. The molecule has 0 N–H and O–H groups in total. The Morgan fingerprint density at radius 1 is 1.10 bits per heavy atom. The van der Waals surface area contributed by atoms with Crippen LogP contribution in [0.15, 0.2) is 65.5 Å². The molecule has 0 aliphatic carbocycles. The number of halogens is 1. The summed E-state index contributed by atoms with van der Waals surface area (Å²) in [5, 5.41) is 9.91. The van der Waals surface area contributed by atoms with Crippen molar-refractivity contribution >= 4 is 34.8 Å². The highest BCUT2D eigenvalue weighted by Crippen LogP contribution is 2.46. The first-order valence-corrected chi connectivity index (χ1v) is 11.0. The van der Waals surface area contributed by atoms with Gasteiger partial charge >= 0.3 is 0 Å². The maximum absolute atomic E-state index is 12.8. The second-order valence-electron chi connectivity index (χ2n) is 7.86. The van der Waals surface area contributed by atoms with Gasteiger partial charge in [0, 0.05) is 47.6 Å². The van der Waals surface area contributed by atoms with Crippen molar-refractivity contribution in [2.75, 3.05) is 17.7 Å². The zero-order valence-electron chi connectivity index (χ0n) is 17.4. The molecule has 1 aliphatic rings. The fraction of sp³-hybridized carbons (Fsp3) is 0.261. The van der Waals surface area contributed by atoms with Gasteiger partial charge in [0.15, 0.2) is 16.8 Å². The third kappa shape index (κ3) is 3.66. The standard InChI is InChI=1S/C23H23ClN4OS/c1-23(2)18-7-5-6-8-19(18)27(3)20(23)13-17(29)14-30-22-26-25-21(28(22)4)15-9-11-16(24)12-10-15/h5-13H,14H2,1-4H3. The van der Waals surface area contributed by atoms with Gasteiger partial charge in [-0.1, -0.05) is 55.4 Å². The van der Waals surface area contributed by atoms with Crippen LogP contribution in [0.3, 0.4) is 0 Å². The lowest BCUT2D eigenvalue weighted by molar-refractivity contribution is -0.112. The molecule has 0 bridgehead atoms. The Morgan fingerprint density at radius 3 is 2.50 bits per heavy atom. The maximum atomic E-state index is 12.8. The lowest BCUT2D eigenvalue weighted by atomic mass is 9.83. The average Bonchev–Trinajstić information content (AvgIpc) is 3.18. The molecule has 2 heterocycles. The number of hydrogen-bond acceptors (Lipinski definition) is 5. The number of thioether (sulfide) groups is 1. The van der Waals surface area contributed by atoms with Crippen LogP contribution in [-0.2, 0) is 17.3 Å². The van der Waals surface area contributed by atoms with E-state index in [1.54, 1.807) is 6.08 Å². The molecule has 0 radical (unpaired) electrons. The van der Waals surface area contributed by atoms with E-state index >= 15 is 0 Å². The highest BCUT2D eigenvalue weighted by atomic mass is 35.5. The van der Waals surface area contributed by atoms with E-state index in [2.05, 4.69) is 41.1 Å². The molecule has 154 valence electrons. The summed E-state index contributed by atoms with van der Waals surface area (Å²) in [7, 11) is 3.92. The number of rotatable bonds is 5. The predicted molar refractivity (Wildman–Crippen MR) is 123 cm³/mol. The van der Waals surface area contributed by atoms with Crippen molar-refractivity contribution in [2.24, 2.45) is 7.05 Å². The number of hydrogen-bond donors (Lipinski definition) is 0. The summed E-state index contributed by atoms with van der Waals surface area (Å²) >= 11 is 7.36. The number of fused-ring (bicyclic) bond motifs is 1. The lowest BCUT2D eigenvalue weighted by Gasteiger charge is -2.23. The molecule has 0 spiro atoms. The van der Waals surface area contributed by atoms with Crippen LogP contribution in [0.1, 0.15) is 19.4 Å². The van der Waals surface area contributed by atoms with Gasteiger partial charge in [-0.05, 0) is 35.9 Å². The molecule has 5 nitrogen and oxygen atoms in total. The van der Waals surface area contributed by atoms with Crippen LogP contribution in [-0.4, -0.2) is 33.3 Å². The van der Waals surface area contributed by atoms with Gasteiger partial charge in [0.25, 0.3) is 0 Å². The quantitative estimate of drug-likeness (QED) is 0.409. The minimum atomic E-state index is -0.210. The molecule has 3 aromatic rings.